The summed E-state index contributed by atoms with van der Waals surface area (Å²) >= 11 is 1.47. The molecular formula is C21H21F2N3O3S. The molecule has 0 fully saturated rings. The van der Waals surface area contributed by atoms with Crippen LogP contribution in [0, 0.1) is 23.0 Å². The summed E-state index contributed by atoms with van der Waals surface area (Å²) in [6.07, 6.45) is 1.87. The largest absolute Gasteiger partial charge is 0.493 e. The van der Waals surface area contributed by atoms with Gasteiger partial charge in [-0.2, -0.15) is 17.0 Å². The summed E-state index contributed by atoms with van der Waals surface area (Å²) in [5.74, 6) is -0.183. The van der Waals surface area contributed by atoms with Gasteiger partial charge in [-0.1, -0.05) is 6.07 Å². The van der Waals surface area contributed by atoms with Crippen molar-refractivity contribution in [3.8, 4) is 17.6 Å². The zero-order valence-electron chi connectivity index (χ0n) is 16.8. The molecule has 0 bridgehead atoms. The molecule has 9 heteroatoms. The predicted octanol–water partition coefficient (Wildman–Crippen LogP) is 3.96. The SMILES string of the molecule is CCOc1cc(C(CSC)n2c(=O)n(CC#N)c3cc(F)cc(F)c32)ccc1OC. The summed E-state index contributed by atoms with van der Waals surface area (Å²) in [5.41, 5.74) is 0.132. The number of nitriles is 1. The van der Waals surface area contributed by atoms with Gasteiger partial charge >= 0.3 is 5.69 Å². The van der Waals surface area contributed by atoms with Gasteiger partial charge in [0.15, 0.2) is 17.3 Å². The molecule has 0 N–H and O–H groups in total. The van der Waals surface area contributed by atoms with Crippen LogP contribution in [0.3, 0.4) is 0 Å². The lowest BCUT2D eigenvalue weighted by Gasteiger charge is -2.20. The number of aromatic nitrogens is 2. The summed E-state index contributed by atoms with van der Waals surface area (Å²) < 4.78 is 42.0. The maximum atomic E-state index is 14.8. The number of rotatable bonds is 8. The first kappa shape index (κ1) is 21.7. The fourth-order valence-corrected chi connectivity index (χ4v) is 4.14. The number of benzene rings is 2. The Bertz CT molecular complexity index is 1170. The van der Waals surface area contributed by atoms with Crippen LogP contribution in [0.25, 0.3) is 11.0 Å². The van der Waals surface area contributed by atoms with Crippen molar-refractivity contribution in [3.05, 3.63) is 58.0 Å². The van der Waals surface area contributed by atoms with E-state index in [0.717, 1.165) is 16.7 Å². The van der Waals surface area contributed by atoms with Crippen LogP contribution in [0.2, 0.25) is 0 Å². The van der Waals surface area contributed by atoms with Crippen LogP contribution < -0.4 is 15.2 Å². The average molecular weight is 433 g/mol. The van der Waals surface area contributed by atoms with E-state index in [2.05, 4.69) is 0 Å². The second-order valence-corrected chi connectivity index (χ2v) is 7.38. The molecule has 1 unspecified atom stereocenters. The first-order valence-corrected chi connectivity index (χ1v) is 10.6. The minimum absolute atomic E-state index is 0.0375. The number of imidazole rings is 1. The first-order valence-electron chi connectivity index (χ1n) is 9.23. The Labute approximate surface area is 176 Å². The molecule has 1 heterocycles. The summed E-state index contributed by atoms with van der Waals surface area (Å²) in [4.78, 5) is 13.2. The number of thioether (sulfide) groups is 1. The van der Waals surface area contributed by atoms with Crippen LogP contribution in [0.15, 0.2) is 35.1 Å². The van der Waals surface area contributed by atoms with Crippen LogP contribution >= 0.6 is 11.8 Å². The highest BCUT2D eigenvalue weighted by Gasteiger charge is 2.25. The third-order valence-electron chi connectivity index (χ3n) is 4.71. The highest BCUT2D eigenvalue weighted by Crippen LogP contribution is 2.34. The van der Waals surface area contributed by atoms with E-state index in [9.17, 15) is 13.6 Å². The van der Waals surface area contributed by atoms with Gasteiger partial charge in [0.2, 0.25) is 0 Å². The van der Waals surface area contributed by atoms with E-state index in [-0.39, 0.29) is 17.6 Å². The van der Waals surface area contributed by atoms with Crippen molar-refractivity contribution in [2.45, 2.75) is 19.5 Å². The number of methoxy groups -OCH3 is 1. The number of hydrogen-bond donors (Lipinski definition) is 0. The number of ether oxygens (including phenoxy) is 2. The Kier molecular flexibility index (Phi) is 6.67. The molecule has 0 aliphatic rings. The summed E-state index contributed by atoms with van der Waals surface area (Å²) in [7, 11) is 1.53. The van der Waals surface area contributed by atoms with Crippen LogP contribution in [-0.4, -0.2) is 34.9 Å². The number of hydrogen-bond acceptors (Lipinski definition) is 5. The number of fused-ring (bicyclic) bond motifs is 1. The molecule has 0 spiro atoms. The van der Waals surface area contributed by atoms with E-state index in [1.165, 1.54) is 23.4 Å². The zero-order chi connectivity index (χ0) is 21.8. The van der Waals surface area contributed by atoms with E-state index in [1.54, 1.807) is 18.2 Å². The molecule has 0 aliphatic carbocycles. The molecule has 1 atom stereocenters. The maximum Gasteiger partial charge on any atom is 0.330 e. The molecule has 3 rings (SSSR count). The Balaban J connectivity index is 2.30. The second-order valence-electron chi connectivity index (χ2n) is 6.47. The van der Waals surface area contributed by atoms with E-state index in [0.29, 0.717) is 29.4 Å². The summed E-state index contributed by atoms with van der Waals surface area (Å²) in [6, 6.07) is 8.39. The molecule has 0 saturated heterocycles. The molecule has 30 heavy (non-hydrogen) atoms. The highest BCUT2D eigenvalue weighted by atomic mass is 32.2. The molecule has 6 nitrogen and oxygen atoms in total. The normalized spacial score (nSPS) is 12.0. The Morgan fingerprint density at radius 1 is 1.23 bits per heavy atom. The Hall–Kier alpha value is -2.99. The molecule has 2 aromatic carbocycles. The van der Waals surface area contributed by atoms with Crippen molar-refractivity contribution in [1.82, 2.24) is 9.13 Å². The smallest absolute Gasteiger partial charge is 0.330 e. The van der Waals surface area contributed by atoms with E-state index >= 15 is 0 Å². The molecular weight excluding hydrogens is 412 g/mol. The van der Waals surface area contributed by atoms with E-state index < -0.39 is 23.4 Å². The second kappa shape index (κ2) is 9.22. The topological polar surface area (TPSA) is 69.2 Å². The molecule has 0 radical (unpaired) electrons. The van der Waals surface area contributed by atoms with Crippen LogP contribution in [0.1, 0.15) is 18.5 Å². The van der Waals surface area contributed by atoms with Crippen LogP contribution in [0.4, 0.5) is 8.78 Å². The van der Waals surface area contributed by atoms with E-state index in [4.69, 9.17) is 14.7 Å². The molecule has 0 saturated carbocycles. The van der Waals surface area contributed by atoms with Crippen LogP contribution in [0.5, 0.6) is 11.5 Å². The predicted molar refractivity (Wildman–Crippen MR) is 112 cm³/mol. The average Bonchev–Trinajstić information content (AvgIpc) is 2.99. The number of halogens is 2. The van der Waals surface area contributed by atoms with Gasteiger partial charge < -0.3 is 9.47 Å². The molecule has 0 aliphatic heterocycles. The molecule has 3 aromatic rings. The standard InChI is InChI=1S/C21H21F2N3O3S/c1-4-29-19-9-13(5-6-18(19)28-2)17(12-30-3)26-20-15(23)10-14(22)11-16(20)25(8-7-24)21(26)27/h5-6,9-11,17H,4,8,12H2,1-3H3. The summed E-state index contributed by atoms with van der Waals surface area (Å²) in [5, 5.41) is 9.12. The van der Waals surface area contributed by atoms with Gasteiger partial charge in [0.25, 0.3) is 0 Å². The van der Waals surface area contributed by atoms with Gasteiger partial charge in [0, 0.05) is 17.9 Å². The first-order chi connectivity index (χ1) is 14.5. The Morgan fingerprint density at radius 2 is 2.00 bits per heavy atom. The monoisotopic (exact) mass is 433 g/mol. The van der Waals surface area contributed by atoms with Crippen LogP contribution in [-0.2, 0) is 6.54 Å². The third kappa shape index (κ3) is 3.87. The van der Waals surface area contributed by atoms with Gasteiger partial charge in [0.05, 0.1) is 31.3 Å². The van der Waals surface area contributed by atoms with Crippen molar-refractivity contribution in [2.24, 2.45) is 0 Å². The lowest BCUT2D eigenvalue weighted by atomic mass is 10.1. The zero-order valence-corrected chi connectivity index (χ0v) is 17.6. The van der Waals surface area contributed by atoms with Crippen molar-refractivity contribution in [1.29, 1.82) is 5.26 Å². The fourth-order valence-electron chi connectivity index (χ4n) is 3.48. The molecule has 158 valence electrons. The van der Waals surface area contributed by atoms with Crippen molar-refractivity contribution in [3.63, 3.8) is 0 Å². The van der Waals surface area contributed by atoms with Gasteiger partial charge in [-0.25, -0.2) is 13.6 Å². The Morgan fingerprint density at radius 3 is 2.63 bits per heavy atom. The quantitative estimate of drug-likeness (QED) is 0.538. The minimum atomic E-state index is -0.858. The van der Waals surface area contributed by atoms with Crippen molar-refractivity contribution < 1.29 is 18.3 Å². The number of nitrogens with zero attached hydrogens (tertiary/aromatic N) is 3. The molecule has 0 amide bonds. The van der Waals surface area contributed by atoms with E-state index in [1.807, 2.05) is 19.2 Å². The van der Waals surface area contributed by atoms with Gasteiger partial charge in [-0.15, -0.1) is 0 Å². The van der Waals surface area contributed by atoms with Gasteiger partial charge in [-0.3, -0.25) is 9.13 Å². The lowest BCUT2D eigenvalue weighted by molar-refractivity contribution is 0.310. The van der Waals surface area contributed by atoms with Gasteiger partial charge in [0.1, 0.15) is 17.9 Å². The molecule has 1 aromatic heterocycles. The minimum Gasteiger partial charge on any atom is -0.493 e. The fraction of sp³-hybridized carbons (Fsp3) is 0.333. The lowest BCUT2D eigenvalue weighted by Crippen LogP contribution is -2.29. The van der Waals surface area contributed by atoms with Gasteiger partial charge in [-0.05, 0) is 30.9 Å². The highest BCUT2D eigenvalue weighted by molar-refractivity contribution is 7.98. The third-order valence-corrected chi connectivity index (χ3v) is 5.36. The van der Waals surface area contributed by atoms with Crippen molar-refractivity contribution in [2.75, 3.05) is 25.7 Å². The maximum absolute atomic E-state index is 14.8. The van der Waals surface area contributed by atoms with Crippen molar-refractivity contribution >= 4 is 22.8 Å². The summed E-state index contributed by atoms with van der Waals surface area (Å²) in [6.45, 7) is 1.95.